The van der Waals surface area contributed by atoms with Crippen molar-refractivity contribution in [2.24, 2.45) is 0 Å². The van der Waals surface area contributed by atoms with Crippen LogP contribution in [-0.2, 0) is 30.1 Å². The predicted molar refractivity (Wildman–Crippen MR) is 143 cm³/mol. The average Bonchev–Trinajstić information content (AvgIpc) is 3.24. The summed E-state index contributed by atoms with van der Waals surface area (Å²) in [6, 6.07) is 16.0. The number of aromatic nitrogens is 1. The first-order valence-corrected chi connectivity index (χ1v) is 15.6. The number of benzene rings is 3. The molecule has 0 aliphatic carbocycles. The van der Waals surface area contributed by atoms with Gasteiger partial charge in [0.1, 0.15) is 5.76 Å². The number of hydrogen-bond acceptors (Lipinski definition) is 8. The highest BCUT2D eigenvalue weighted by Gasteiger charge is 2.20. The first-order chi connectivity index (χ1) is 17.8. The van der Waals surface area contributed by atoms with E-state index in [1.165, 1.54) is 66.7 Å². The van der Waals surface area contributed by atoms with Crippen molar-refractivity contribution < 1.29 is 29.8 Å². The maximum absolute atomic E-state index is 12.8. The van der Waals surface area contributed by atoms with Crippen LogP contribution in [0.3, 0.4) is 0 Å². The lowest BCUT2D eigenvalue weighted by Crippen LogP contribution is -2.16. The van der Waals surface area contributed by atoms with Crippen LogP contribution in [0.25, 0.3) is 0 Å². The highest BCUT2D eigenvalue weighted by Crippen LogP contribution is 2.26. The molecule has 15 heteroatoms. The molecular formula is C23H21ClN4O7S3. The molecule has 0 radical (unpaired) electrons. The molecule has 0 aliphatic rings. The molecule has 0 saturated carbocycles. The van der Waals surface area contributed by atoms with Gasteiger partial charge in [-0.25, -0.2) is 25.3 Å². The van der Waals surface area contributed by atoms with Crippen LogP contribution in [0.1, 0.15) is 11.3 Å². The molecule has 0 amide bonds. The maximum Gasteiger partial charge on any atom is 0.263 e. The number of hydrogen-bond donors (Lipinski definition) is 3. The molecule has 0 aliphatic heterocycles. The lowest BCUT2D eigenvalue weighted by atomic mass is 10.2. The van der Waals surface area contributed by atoms with Gasteiger partial charge in [-0.1, -0.05) is 22.8 Å². The van der Waals surface area contributed by atoms with Crippen LogP contribution in [0.5, 0.6) is 0 Å². The van der Waals surface area contributed by atoms with Crippen LogP contribution in [0, 0.1) is 13.8 Å². The van der Waals surface area contributed by atoms with E-state index in [0.29, 0.717) is 16.3 Å². The molecule has 3 aromatic carbocycles. The van der Waals surface area contributed by atoms with E-state index >= 15 is 0 Å². The lowest BCUT2D eigenvalue weighted by Gasteiger charge is -2.12. The Bertz CT molecular complexity index is 1800. The Hall–Kier alpha value is -3.59. The average molecular weight is 597 g/mol. The van der Waals surface area contributed by atoms with Gasteiger partial charge in [0.2, 0.25) is 0 Å². The second kappa shape index (κ2) is 10.3. The fourth-order valence-electron chi connectivity index (χ4n) is 3.32. The van der Waals surface area contributed by atoms with Crippen LogP contribution in [-0.4, -0.2) is 30.4 Å². The molecule has 0 atom stereocenters. The summed E-state index contributed by atoms with van der Waals surface area (Å²) >= 11 is 6.02. The molecule has 0 spiro atoms. The van der Waals surface area contributed by atoms with Gasteiger partial charge in [-0.2, -0.15) is 0 Å². The maximum atomic E-state index is 12.8. The summed E-state index contributed by atoms with van der Waals surface area (Å²) in [5.74, 6) is 0.440. The normalized spacial score (nSPS) is 12.2. The van der Waals surface area contributed by atoms with Gasteiger partial charge in [0.15, 0.2) is 5.82 Å². The van der Waals surface area contributed by atoms with E-state index in [1.807, 2.05) is 0 Å². The van der Waals surface area contributed by atoms with Gasteiger partial charge in [0.25, 0.3) is 30.1 Å². The first kappa shape index (κ1) is 27.4. The number of halogens is 1. The van der Waals surface area contributed by atoms with Crippen LogP contribution >= 0.6 is 11.6 Å². The van der Waals surface area contributed by atoms with Crippen LogP contribution in [0.15, 0.2) is 92.0 Å². The second-order valence-electron chi connectivity index (χ2n) is 8.05. The summed E-state index contributed by atoms with van der Waals surface area (Å²) < 4.78 is 87.9. The van der Waals surface area contributed by atoms with Crippen LogP contribution in [0.4, 0.5) is 17.2 Å². The Morgan fingerprint density at radius 1 is 0.684 bits per heavy atom. The third-order valence-electron chi connectivity index (χ3n) is 5.21. The number of sulfonamides is 3. The van der Waals surface area contributed by atoms with Gasteiger partial charge >= 0.3 is 0 Å². The number of nitrogens with one attached hydrogen (secondary N) is 3. The summed E-state index contributed by atoms with van der Waals surface area (Å²) in [5.41, 5.74) is 0.642. The van der Waals surface area contributed by atoms with Crippen molar-refractivity contribution in [3.8, 4) is 0 Å². The lowest BCUT2D eigenvalue weighted by molar-refractivity contribution is 0.400. The molecule has 38 heavy (non-hydrogen) atoms. The van der Waals surface area contributed by atoms with E-state index < -0.39 is 30.1 Å². The van der Waals surface area contributed by atoms with E-state index in [1.54, 1.807) is 19.9 Å². The number of rotatable bonds is 9. The number of anilines is 3. The molecule has 0 fully saturated rings. The van der Waals surface area contributed by atoms with Gasteiger partial charge in [0, 0.05) is 22.5 Å². The van der Waals surface area contributed by atoms with Gasteiger partial charge in [-0.3, -0.25) is 14.2 Å². The number of aryl methyl sites for hydroxylation is 1. The van der Waals surface area contributed by atoms with E-state index in [-0.39, 0.29) is 31.9 Å². The fourth-order valence-corrected chi connectivity index (χ4v) is 6.92. The minimum Gasteiger partial charge on any atom is -0.360 e. The summed E-state index contributed by atoms with van der Waals surface area (Å²) in [5, 5.41) is 3.87. The third kappa shape index (κ3) is 6.10. The van der Waals surface area contributed by atoms with Crippen molar-refractivity contribution in [2.75, 3.05) is 14.2 Å². The zero-order chi connectivity index (χ0) is 27.7. The largest absolute Gasteiger partial charge is 0.360 e. The fraction of sp³-hybridized carbons (Fsp3) is 0.0870. The Morgan fingerprint density at radius 2 is 1.18 bits per heavy atom. The predicted octanol–water partition coefficient (Wildman–Crippen LogP) is 4.35. The molecule has 11 nitrogen and oxygen atoms in total. The molecule has 1 aromatic heterocycles. The molecule has 0 unspecified atom stereocenters. The Labute approximate surface area is 225 Å². The minimum atomic E-state index is -4.06. The Balaban J connectivity index is 1.46. The third-order valence-corrected chi connectivity index (χ3v) is 9.91. The van der Waals surface area contributed by atoms with Crippen molar-refractivity contribution >= 4 is 58.9 Å². The SMILES string of the molecule is Cc1cc(NS(=O)(=O)c2ccc(NS(=O)(=O)c3ccc(NS(=O)(=O)c4cccc(Cl)c4C)cc3)cc2)no1. The van der Waals surface area contributed by atoms with Gasteiger partial charge in [-0.15, -0.1) is 0 Å². The molecule has 3 N–H and O–H groups in total. The molecule has 1 heterocycles. The number of nitrogens with zero attached hydrogens (tertiary/aromatic N) is 1. The minimum absolute atomic E-state index is 0.000156. The standard InChI is InChI=1S/C23H21ClN4O7S3/c1-15-14-23(25-35-15)28-37(31,32)20-12-6-17(7-13-20)26-36(29,30)19-10-8-18(9-11-19)27-38(33,34)22-5-3-4-21(24)16(22)2/h3-14,26-27H,1-2H3,(H,25,28). The van der Waals surface area contributed by atoms with Crippen LogP contribution in [0.2, 0.25) is 5.02 Å². The van der Waals surface area contributed by atoms with E-state index in [0.717, 1.165) is 0 Å². The van der Waals surface area contributed by atoms with Crippen molar-refractivity contribution in [1.29, 1.82) is 0 Å². The van der Waals surface area contributed by atoms with Crippen molar-refractivity contribution in [2.45, 2.75) is 28.5 Å². The summed E-state index contributed by atoms with van der Waals surface area (Å²) in [6.45, 7) is 3.19. The molecule has 0 bridgehead atoms. The Kier molecular flexibility index (Phi) is 7.43. The highest BCUT2D eigenvalue weighted by molar-refractivity contribution is 7.93. The van der Waals surface area contributed by atoms with Gasteiger partial charge in [-0.05, 0) is 80.1 Å². The Morgan fingerprint density at radius 3 is 1.68 bits per heavy atom. The molecule has 200 valence electrons. The first-order valence-electron chi connectivity index (χ1n) is 10.7. The van der Waals surface area contributed by atoms with Gasteiger partial charge in [0.05, 0.1) is 14.7 Å². The van der Waals surface area contributed by atoms with Crippen molar-refractivity contribution in [3.63, 3.8) is 0 Å². The smallest absolute Gasteiger partial charge is 0.263 e. The van der Waals surface area contributed by atoms with Gasteiger partial charge < -0.3 is 4.52 Å². The zero-order valence-corrected chi connectivity index (χ0v) is 23.0. The summed E-state index contributed by atoms with van der Waals surface area (Å²) in [6.07, 6.45) is 0. The van der Waals surface area contributed by atoms with E-state index in [4.69, 9.17) is 16.1 Å². The molecule has 4 aromatic rings. The van der Waals surface area contributed by atoms with Crippen molar-refractivity contribution in [3.05, 3.63) is 89.1 Å². The molecule has 4 rings (SSSR count). The quantitative estimate of drug-likeness (QED) is 0.256. The van der Waals surface area contributed by atoms with Crippen LogP contribution < -0.4 is 14.2 Å². The zero-order valence-electron chi connectivity index (χ0n) is 19.8. The molecule has 0 saturated heterocycles. The molecular weight excluding hydrogens is 576 g/mol. The summed E-state index contributed by atoms with van der Waals surface area (Å²) in [4.78, 5) is -0.257. The monoisotopic (exact) mass is 596 g/mol. The van der Waals surface area contributed by atoms with E-state index in [2.05, 4.69) is 19.3 Å². The summed E-state index contributed by atoms with van der Waals surface area (Å²) in [7, 11) is -12.0. The topological polar surface area (TPSA) is 165 Å². The highest BCUT2D eigenvalue weighted by atomic mass is 35.5. The van der Waals surface area contributed by atoms with E-state index in [9.17, 15) is 25.3 Å². The second-order valence-corrected chi connectivity index (χ2v) is 13.5. The van der Waals surface area contributed by atoms with Crippen molar-refractivity contribution in [1.82, 2.24) is 5.16 Å².